The summed E-state index contributed by atoms with van der Waals surface area (Å²) in [5.41, 5.74) is 7.52. The number of benzene rings is 2. The standard InChI is InChI=1S/C23H26N4O4/c1-15-12-16(9-10-20(15)31-11-5-8-21(28)29)23(30)27-14-17-13-24-26(2)22(17)25-18-6-3-4-7-19(18)27/h3-4,6-7,9-10,12,24-25H,5,8,11,13-14H2,1-2H3,(H,28,29). The highest BCUT2D eigenvalue weighted by Gasteiger charge is 2.30. The van der Waals surface area contributed by atoms with Crippen molar-refractivity contribution in [3.63, 3.8) is 0 Å². The van der Waals surface area contributed by atoms with E-state index >= 15 is 0 Å². The molecule has 162 valence electrons. The molecule has 0 atom stereocenters. The SMILES string of the molecule is Cc1cc(C(=O)N2CC3=C(Nc4ccccc42)N(C)NC3)ccc1OCCCC(=O)O. The molecule has 0 radical (unpaired) electrons. The summed E-state index contributed by atoms with van der Waals surface area (Å²) in [7, 11) is 1.95. The van der Waals surface area contributed by atoms with Crippen molar-refractivity contribution in [2.45, 2.75) is 19.8 Å². The highest BCUT2D eigenvalue weighted by molar-refractivity contribution is 6.08. The van der Waals surface area contributed by atoms with Gasteiger partial charge < -0.3 is 20.1 Å². The van der Waals surface area contributed by atoms with Crippen molar-refractivity contribution < 1.29 is 19.4 Å². The number of carboxylic acid groups (broad SMARTS) is 1. The fourth-order valence-electron chi connectivity index (χ4n) is 3.82. The van der Waals surface area contributed by atoms with Crippen molar-refractivity contribution in [2.24, 2.45) is 0 Å². The molecule has 8 heteroatoms. The lowest BCUT2D eigenvalue weighted by molar-refractivity contribution is -0.137. The molecule has 2 aliphatic rings. The van der Waals surface area contributed by atoms with Crippen LogP contribution in [0.3, 0.4) is 0 Å². The van der Waals surface area contributed by atoms with Gasteiger partial charge in [-0.1, -0.05) is 12.1 Å². The maximum atomic E-state index is 13.5. The minimum atomic E-state index is -0.838. The average molecular weight is 422 g/mol. The van der Waals surface area contributed by atoms with Crippen LogP contribution in [-0.4, -0.2) is 48.7 Å². The number of hydrazine groups is 1. The monoisotopic (exact) mass is 422 g/mol. The molecule has 0 saturated heterocycles. The first-order chi connectivity index (χ1) is 14.9. The van der Waals surface area contributed by atoms with Gasteiger partial charge in [-0.05, 0) is 49.2 Å². The van der Waals surface area contributed by atoms with Crippen molar-refractivity contribution in [3.8, 4) is 5.75 Å². The Bertz CT molecular complexity index is 1050. The van der Waals surface area contributed by atoms with Crippen molar-refractivity contribution in [2.75, 3.05) is 37.0 Å². The normalized spacial score (nSPS) is 15.2. The fourth-order valence-corrected chi connectivity index (χ4v) is 3.82. The molecule has 0 spiro atoms. The molecule has 8 nitrogen and oxygen atoms in total. The van der Waals surface area contributed by atoms with E-state index in [-0.39, 0.29) is 12.3 Å². The topological polar surface area (TPSA) is 94.1 Å². The summed E-state index contributed by atoms with van der Waals surface area (Å²) in [6, 6.07) is 13.2. The predicted octanol–water partition coefficient (Wildman–Crippen LogP) is 2.97. The summed E-state index contributed by atoms with van der Waals surface area (Å²) in [5, 5.41) is 14.1. The Labute approximate surface area is 181 Å². The molecular weight excluding hydrogens is 396 g/mol. The van der Waals surface area contributed by atoms with Gasteiger partial charge in [0.25, 0.3) is 5.91 Å². The minimum Gasteiger partial charge on any atom is -0.493 e. The number of nitrogens with one attached hydrogen (secondary N) is 2. The summed E-state index contributed by atoms with van der Waals surface area (Å²) < 4.78 is 5.69. The highest BCUT2D eigenvalue weighted by Crippen LogP contribution is 2.34. The lowest BCUT2D eigenvalue weighted by atomic mass is 10.1. The number of carboxylic acids is 1. The molecule has 0 aromatic heterocycles. The largest absolute Gasteiger partial charge is 0.493 e. The summed E-state index contributed by atoms with van der Waals surface area (Å²) in [6.45, 7) is 3.38. The van der Waals surface area contributed by atoms with Crippen molar-refractivity contribution in [1.82, 2.24) is 10.4 Å². The zero-order chi connectivity index (χ0) is 22.0. The quantitative estimate of drug-likeness (QED) is 0.616. The number of carbonyl (C=O) groups is 2. The van der Waals surface area contributed by atoms with Gasteiger partial charge in [0.1, 0.15) is 11.6 Å². The third-order valence-electron chi connectivity index (χ3n) is 5.46. The van der Waals surface area contributed by atoms with Crippen LogP contribution >= 0.6 is 0 Å². The fraction of sp³-hybridized carbons (Fsp3) is 0.304. The number of hydrogen-bond donors (Lipinski definition) is 3. The number of fused-ring (bicyclic) bond motifs is 1. The van der Waals surface area contributed by atoms with Crippen LogP contribution in [0.4, 0.5) is 11.4 Å². The summed E-state index contributed by atoms with van der Waals surface area (Å²) >= 11 is 0. The molecule has 0 saturated carbocycles. The molecule has 2 heterocycles. The van der Waals surface area contributed by atoms with Crippen molar-refractivity contribution in [1.29, 1.82) is 0 Å². The second-order valence-corrected chi connectivity index (χ2v) is 7.71. The van der Waals surface area contributed by atoms with E-state index in [2.05, 4.69) is 10.7 Å². The van der Waals surface area contributed by atoms with Crippen LogP contribution in [0.1, 0.15) is 28.8 Å². The van der Waals surface area contributed by atoms with Gasteiger partial charge in [-0.15, -0.1) is 0 Å². The first-order valence-corrected chi connectivity index (χ1v) is 10.3. The summed E-state index contributed by atoms with van der Waals surface area (Å²) in [6.07, 6.45) is 0.507. The first-order valence-electron chi connectivity index (χ1n) is 10.3. The Balaban J connectivity index is 1.56. The first kappa shape index (κ1) is 20.7. The molecular formula is C23H26N4O4. The number of aryl methyl sites for hydroxylation is 1. The van der Waals surface area contributed by atoms with Crippen LogP contribution in [0, 0.1) is 6.92 Å². The van der Waals surface area contributed by atoms with Gasteiger partial charge in [0.2, 0.25) is 0 Å². The zero-order valence-electron chi connectivity index (χ0n) is 17.6. The number of rotatable bonds is 6. The molecule has 0 aliphatic carbocycles. The number of para-hydroxylation sites is 2. The number of ether oxygens (including phenoxy) is 1. The molecule has 0 unspecified atom stereocenters. The number of nitrogens with zero attached hydrogens (tertiary/aromatic N) is 2. The molecule has 1 amide bonds. The Morgan fingerprint density at radius 3 is 2.77 bits per heavy atom. The second kappa shape index (κ2) is 8.69. The van der Waals surface area contributed by atoms with Crippen LogP contribution in [0.25, 0.3) is 0 Å². The molecule has 2 aromatic carbocycles. The van der Waals surface area contributed by atoms with Gasteiger partial charge in [0.05, 0.1) is 24.5 Å². The number of amides is 1. The van der Waals surface area contributed by atoms with Crippen LogP contribution in [-0.2, 0) is 4.79 Å². The lowest BCUT2D eigenvalue weighted by Gasteiger charge is -2.24. The minimum absolute atomic E-state index is 0.0694. The van der Waals surface area contributed by atoms with Crippen molar-refractivity contribution in [3.05, 3.63) is 65.0 Å². The lowest BCUT2D eigenvalue weighted by Crippen LogP contribution is -2.34. The van der Waals surface area contributed by atoms with Gasteiger partial charge >= 0.3 is 5.97 Å². The molecule has 3 N–H and O–H groups in total. The maximum Gasteiger partial charge on any atom is 0.303 e. The van der Waals surface area contributed by atoms with Crippen LogP contribution in [0.15, 0.2) is 53.9 Å². The van der Waals surface area contributed by atoms with Gasteiger partial charge in [-0.3, -0.25) is 14.6 Å². The van der Waals surface area contributed by atoms with E-state index in [9.17, 15) is 9.59 Å². The molecule has 0 fully saturated rings. The average Bonchev–Trinajstić information content (AvgIpc) is 3.00. The number of aliphatic carboxylic acids is 1. The molecule has 4 rings (SSSR count). The van der Waals surface area contributed by atoms with Gasteiger partial charge in [0.15, 0.2) is 0 Å². The predicted molar refractivity (Wildman–Crippen MR) is 118 cm³/mol. The summed E-state index contributed by atoms with van der Waals surface area (Å²) in [5.74, 6) is 0.712. The number of hydrogen-bond acceptors (Lipinski definition) is 6. The van der Waals surface area contributed by atoms with E-state index < -0.39 is 5.97 Å². The van der Waals surface area contributed by atoms with Gasteiger partial charge in [0, 0.05) is 31.1 Å². The van der Waals surface area contributed by atoms with Gasteiger partial charge in [-0.2, -0.15) is 0 Å². The van der Waals surface area contributed by atoms with E-state index in [0.29, 0.717) is 37.4 Å². The van der Waals surface area contributed by atoms with Crippen molar-refractivity contribution >= 4 is 23.3 Å². The van der Waals surface area contributed by atoms with Gasteiger partial charge in [-0.25, -0.2) is 5.43 Å². The van der Waals surface area contributed by atoms with E-state index in [4.69, 9.17) is 9.84 Å². The zero-order valence-corrected chi connectivity index (χ0v) is 17.6. The van der Waals surface area contributed by atoms with Crippen LogP contribution in [0.5, 0.6) is 5.75 Å². The Morgan fingerprint density at radius 2 is 2.00 bits per heavy atom. The second-order valence-electron chi connectivity index (χ2n) is 7.71. The Morgan fingerprint density at radius 1 is 1.19 bits per heavy atom. The summed E-state index contributed by atoms with van der Waals surface area (Å²) in [4.78, 5) is 26.0. The smallest absolute Gasteiger partial charge is 0.303 e. The molecule has 2 aliphatic heterocycles. The van der Waals surface area contributed by atoms with E-state index in [1.54, 1.807) is 17.0 Å². The maximum absolute atomic E-state index is 13.5. The Kier molecular flexibility index (Phi) is 5.81. The number of carbonyl (C=O) groups excluding carboxylic acids is 1. The van der Waals surface area contributed by atoms with Crippen LogP contribution < -0.4 is 20.4 Å². The van der Waals surface area contributed by atoms with E-state index in [1.807, 2.05) is 49.3 Å². The third kappa shape index (κ3) is 4.34. The highest BCUT2D eigenvalue weighted by atomic mass is 16.5. The van der Waals surface area contributed by atoms with Crippen LogP contribution in [0.2, 0.25) is 0 Å². The molecule has 2 aromatic rings. The molecule has 31 heavy (non-hydrogen) atoms. The molecule has 0 bridgehead atoms. The van der Waals surface area contributed by atoms with E-state index in [0.717, 1.165) is 28.3 Å². The van der Waals surface area contributed by atoms with E-state index in [1.165, 1.54) is 0 Å². The third-order valence-corrected chi connectivity index (χ3v) is 5.46. The number of anilines is 2. The Hall–Kier alpha value is -3.52.